The molecule has 4 rings (SSSR count). The van der Waals surface area contributed by atoms with Crippen LogP contribution in [0, 0.1) is 5.82 Å². The lowest BCUT2D eigenvalue weighted by Crippen LogP contribution is -2.34. The van der Waals surface area contributed by atoms with Gasteiger partial charge in [-0.3, -0.25) is 4.79 Å². The van der Waals surface area contributed by atoms with Gasteiger partial charge in [-0.2, -0.15) is 0 Å². The van der Waals surface area contributed by atoms with Crippen LogP contribution >= 0.6 is 0 Å². The molecule has 192 valence electrons. The molecular formula is C32H33FO4. The molecule has 0 amide bonds. The summed E-state index contributed by atoms with van der Waals surface area (Å²) in [4.78, 5) is 25.0. The van der Waals surface area contributed by atoms with Crippen molar-refractivity contribution in [2.24, 2.45) is 0 Å². The summed E-state index contributed by atoms with van der Waals surface area (Å²) in [6.45, 7) is 9.12. The van der Waals surface area contributed by atoms with Crippen molar-refractivity contribution in [2.45, 2.75) is 58.0 Å². The Kier molecular flexibility index (Phi) is 7.35. The smallest absolute Gasteiger partial charge is 0.337 e. The average Bonchev–Trinajstić information content (AvgIpc) is 2.89. The van der Waals surface area contributed by atoms with Crippen molar-refractivity contribution in [1.82, 2.24) is 0 Å². The fourth-order valence-corrected chi connectivity index (χ4v) is 4.85. The molecular weight excluding hydrogens is 467 g/mol. The Labute approximate surface area is 218 Å². The highest BCUT2D eigenvalue weighted by molar-refractivity contribution is 6.07. The minimum atomic E-state index is -0.403. The molecule has 0 unspecified atom stereocenters. The first-order valence-corrected chi connectivity index (χ1v) is 12.5. The second-order valence-electron chi connectivity index (χ2n) is 10.9. The van der Waals surface area contributed by atoms with Crippen molar-refractivity contribution in [3.8, 4) is 5.75 Å². The fourth-order valence-electron chi connectivity index (χ4n) is 4.85. The van der Waals surface area contributed by atoms with Crippen LogP contribution in [0.5, 0.6) is 5.75 Å². The molecule has 0 bridgehead atoms. The molecule has 0 fully saturated rings. The molecule has 0 aliphatic heterocycles. The van der Waals surface area contributed by atoms with Crippen molar-refractivity contribution < 1.29 is 23.5 Å². The second kappa shape index (κ2) is 10.3. The summed E-state index contributed by atoms with van der Waals surface area (Å²) in [5.41, 5.74) is 4.70. The Bertz CT molecular complexity index is 1330. The number of hydrogen-bond donors (Lipinski definition) is 0. The molecule has 0 saturated carbocycles. The van der Waals surface area contributed by atoms with Gasteiger partial charge in [-0.05, 0) is 82.8 Å². The summed E-state index contributed by atoms with van der Waals surface area (Å²) in [5, 5.41) is 0. The van der Waals surface area contributed by atoms with Gasteiger partial charge in [0.1, 0.15) is 18.2 Å². The van der Waals surface area contributed by atoms with Gasteiger partial charge >= 0.3 is 5.97 Å². The lowest BCUT2D eigenvalue weighted by molar-refractivity contribution is 0.0600. The monoisotopic (exact) mass is 500 g/mol. The SMILES string of the molecule is COC(=O)c1ccc(/C=C/C(=O)c2cc(OCc3ccc(F)cc3)c3c(c2)C(C)(C)CCC3(C)C)cc1. The number of allylic oxidation sites excluding steroid dienone is 1. The molecule has 5 heteroatoms. The van der Waals surface area contributed by atoms with Crippen molar-refractivity contribution >= 4 is 17.8 Å². The van der Waals surface area contributed by atoms with Gasteiger partial charge < -0.3 is 9.47 Å². The number of halogens is 1. The van der Waals surface area contributed by atoms with E-state index in [1.54, 1.807) is 48.6 Å². The second-order valence-corrected chi connectivity index (χ2v) is 10.9. The first-order chi connectivity index (χ1) is 17.5. The number of methoxy groups -OCH3 is 1. The summed E-state index contributed by atoms with van der Waals surface area (Å²) >= 11 is 0. The summed E-state index contributed by atoms with van der Waals surface area (Å²) < 4.78 is 24.4. The van der Waals surface area contributed by atoms with Crippen molar-refractivity contribution in [3.63, 3.8) is 0 Å². The first-order valence-electron chi connectivity index (χ1n) is 12.5. The molecule has 3 aromatic rings. The highest BCUT2D eigenvalue weighted by Crippen LogP contribution is 2.50. The van der Waals surface area contributed by atoms with Crippen LogP contribution in [0.25, 0.3) is 6.08 Å². The Hall–Kier alpha value is -3.73. The largest absolute Gasteiger partial charge is 0.489 e. The minimum Gasteiger partial charge on any atom is -0.489 e. The third kappa shape index (κ3) is 5.82. The highest BCUT2D eigenvalue weighted by atomic mass is 19.1. The zero-order chi connectivity index (χ0) is 26.8. The van der Waals surface area contributed by atoms with Crippen molar-refractivity contribution in [3.05, 3.63) is 106 Å². The number of ketones is 1. The maximum Gasteiger partial charge on any atom is 0.337 e. The predicted molar refractivity (Wildman–Crippen MR) is 144 cm³/mol. The molecule has 0 saturated heterocycles. The number of carbonyl (C=O) groups is 2. The molecule has 1 aliphatic carbocycles. The number of esters is 1. The van der Waals surface area contributed by atoms with E-state index in [4.69, 9.17) is 9.47 Å². The molecule has 3 aromatic carbocycles. The predicted octanol–water partition coefficient (Wildman–Crippen LogP) is 7.44. The number of fused-ring (bicyclic) bond motifs is 1. The first kappa shape index (κ1) is 26.3. The van der Waals surface area contributed by atoms with Crippen LogP contribution in [0.3, 0.4) is 0 Å². The van der Waals surface area contributed by atoms with Crippen molar-refractivity contribution in [1.29, 1.82) is 0 Å². The van der Waals surface area contributed by atoms with Crippen LogP contribution in [0.4, 0.5) is 4.39 Å². The maximum absolute atomic E-state index is 13.4. The maximum atomic E-state index is 13.4. The molecule has 0 spiro atoms. The lowest BCUT2D eigenvalue weighted by Gasteiger charge is -2.42. The van der Waals surface area contributed by atoms with Crippen LogP contribution in [-0.2, 0) is 22.2 Å². The number of hydrogen-bond acceptors (Lipinski definition) is 4. The molecule has 0 radical (unpaired) electrons. The number of carbonyl (C=O) groups excluding carboxylic acids is 2. The topological polar surface area (TPSA) is 52.6 Å². The normalized spacial score (nSPS) is 15.7. The number of ether oxygens (including phenoxy) is 2. The summed E-state index contributed by atoms with van der Waals surface area (Å²) in [5.74, 6) is -0.132. The summed E-state index contributed by atoms with van der Waals surface area (Å²) in [6, 6.07) is 17.0. The average molecular weight is 501 g/mol. The Balaban J connectivity index is 1.67. The van der Waals surface area contributed by atoms with Gasteiger partial charge in [0.15, 0.2) is 5.78 Å². The van der Waals surface area contributed by atoms with Gasteiger partial charge in [0.25, 0.3) is 0 Å². The zero-order valence-electron chi connectivity index (χ0n) is 22.1. The molecule has 0 aromatic heterocycles. The van der Waals surface area contributed by atoms with Gasteiger partial charge in [0, 0.05) is 11.1 Å². The van der Waals surface area contributed by atoms with E-state index in [2.05, 4.69) is 27.7 Å². The van der Waals surface area contributed by atoms with Gasteiger partial charge in [-0.1, -0.05) is 58.0 Å². The van der Waals surface area contributed by atoms with Gasteiger partial charge in [-0.25, -0.2) is 9.18 Å². The molecule has 0 atom stereocenters. The molecule has 37 heavy (non-hydrogen) atoms. The number of benzene rings is 3. The third-order valence-electron chi connectivity index (χ3n) is 7.23. The fraction of sp³-hybridized carbons (Fsp3) is 0.312. The van der Waals surface area contributed by atoms with Crippen LogP contribution in [0.2, 0.25) is 0 Å². The molecule has 4 nitrogen and oxygen atoms in total. The minimum absolute atomic E-state index is 0.109. The van der Waals surface area contributed by atoms with Crippen LogP contribution in [0.1, 0.15) is 83.5 Å². The lowest BCUT2D eigenvalue weighted by atomic mass is 9.62. The van der Waals surface area contributed by atoms with E-state index in [0.717, 1.165) is 35.1 Å². The Morgan fingerprint density at radius 2 is 1.54 bits per heavy atom. The molecule has 1 aliphatic rings. The van der Waals surface area contributed by atoms with Crippen LogP contribution in [-0.4, -0.2) is 18.9 Å². The molecule has 0 heterocycles. The van der Waals surface area contributed by atoms with E-state index >= 15 is 0 Å². The quantitative estimate of drug-likeness (QED) is 0.192. The van der Waals surface area contributed by atoms with Crippen LogP contribution < -0.4 is 4.74 Å². The number of rotatable bonds is 7. The van der Waals surface area contributed by atoms with Gasteiger partial charge in [0.2, 0.25) is 0 Å². The third-order valence-corrected chi connectivity index (χ3v) is 7.23. The van der Waals surface area contributed by atoms with E-state index in [9.17, 15) is 14.0 Å². The zero-order valence-corrected chi connectivity index (χ0v) is 22.1. The Morgan fingerprint density at radius 3 is 2.19 bits per heavy atom. The summed E-state index contributed by atoms with van der Waals surface area (Å²) in [6.07, 6.45) is 5.29. The van der Waals surface area contributed by atoms with E-state index in [1.807, 2.05) is 12.1 Å². The van der Waals surface area contributed by atoms with Gasteiger partial charge in [0.05, 0.1) is 12.7 Å². The van der Waals surface area contributed by atoms with E-state index in [-0.39, 0.29) is 29.0 Å². The summed E-state index contributed by atoms with van der Waals surface area (Å²) in [7, 11) is 1.34. The van der Waals surface area contributed by atoms with Gasteiger partial charge in [-0.15, -0.1) is 0 Å². The van der Waals surface area contributed by atoms with E-state index in [0.29, 0.717) is 16.9 Å². The standard InChI is InChI=1S/C32H33FO4/c1-31(2)16-17-32(3,4)29-26(31)18-24(19-28(29)37-20-22-8-13-25(33)14-9-22)27(34)15-10-21-6-11-23(12-7-21)30(35)36-5/h6-15,18-19H,16-17,20H2,1-5H3/b15-10+. The van der Waals surface area contributed by atoms with Crippen LogP contribution in [0.15, 0.2) is 66.7 Å². The highest BCUT2D eigenvalue weighted by Gasteiger charge is 2.40. The molecule has 0 N–H and O–H groups in total. The van der Waals surface area contributed by atoms with E-state index < -0.39 is 5.97 Å². The van der Waals surface area contributed by atoms with E-state index in [1.165, 1.54) is 19.2 Å². The van der Waals surface area contributed by atoms with Crippen molar-refractivity contribution in [2.75, 3.05) is 7.11 Å². The Morgan fingerprint density at radius 1 is 0.892 bits per heavy atom.